The van der Waals surface area contributed by atoms with Crippen molar-refractivity contribution in [2.45, 2.75) is 0 Å². The number of hydrogen-bond donors (Lipinski definition) is 3. The molecule has 3 heteroatoms. The largest absolute Gasteiger partial charge is 0.516 e. The first-order chi connectivity index (χ1) is 5.22. The first-order valence-corrected chi connectivity index (χ1v) is 2.94. The van der Waals surface area contributed by atoms with E-state index in [0.29, 0.717) is 0 Å². The molecular formula is C8H10O3. The van der Waals surface area contributed by atoms with Crippen LogP contribution in [0.2, 0.25) is 0 Å². The van der Waals surface area contributed by atoms with Gasteiger partial charge >= 0.3 is 0 Å². The van der Waals surface area contributed by atoms with E-state index >= 15 is 0 Å². The molecule has 1 aromatic carbocycles. The quantitative estimate of drug-likeness (QED) is 0.394. The van der Waals surface area contributed by atoms with Crippen LogP contribution in [0.3, 0.4) is 0 Å². The summed E-state index contributed by atoms with van der Waals surface area (Å²) < 4.78 is 0. The molecule has 1 rings (SSSR count). The standard InChI is InChI=1S/C6H6O2.C2H4O/c7-5-3-1-2-4-6(5)8;1-2-3/h1-4,7-8H;2-3H,1H2. The minimum atomic E-state index is -0.0764. The van der Waals surface area contributed by atoms with Gasteiger partial charge in [0.05, 0.1) is 6.26 Å². The van der Waals surface area contributed by atoms with Crippen molar-refractivity contribution in [2.75, 3.05) is 0 Å². The van der Waals surface area contributed by atoms with Gasteiger partial charge in [0.2, 0.25) is 0 Å². The van der Waals surface area contributed by atoms with Crippen molar-refractivity contribution < 1.29 is 15.3 Å². The number of benzene rings is 1. The number of hydrogen-bond acceptors (Lipinski definition) is 3. The van der Waals surface area contributed by atoms with Gasteiger partial charge in [-0.3, -0.25) is 0 Å². The Hall–Kier alpha value is -1.64. The summed E-state index contributed by atoms with van der Waals surface area (Å²) in [6, 6.07) is 6.15. The highest BCUT2D eigenvalue weighted by atomic mass is 16.3. The van der Waals surface area contributed by atoms with Gasteiger partial charge in [0.25, 0.3) is 0 Å². The van der Waals surface area contributed by atoms with E-state index < -0.39 is 0 Å². The predicted molar refractivity (Wildman–Crippen MR) is 42.6 cm³/mol. The van der Waals surface area contributed by atoms with Crippen molar-refractivity contribution in [1.82, 2.24) is 0 Å². The van der Waals surface area contributed by atoms with Crippen LogP contribution in [0.4, 0.5) is 0 Å². The fraction of sp³-hybridized carbons (Fsp3) is 0. The molecule has 0 heterocycles. The predicted octanol–water partition coefficient (Wildman–Crippen LogP) is 1.79. The first kappa shape index (κ1) is 9.36. The smallest absolute Gasteiger partial charge is 0.157 e. The van der Waals surface area contributed by atoms with Crippen LogP contribution in [-0.2, 0) is 0 Å². The Morgan fingerprint density at radius 1 is 1.09 bits per heavy atom. The molecule has 0 radical (unpaired) electrons. The fourth-order valence-corrected chi connectivity index (χ4v) is 0.464. The van der Waals surface area contributed by atoms with Gasteiger partial charge in [-0.2, -0.15) is 0 Å². The summed E-state index contributed by atoms with van der Waals surface area (Å²) in [6.45, 7) is 2.92. The van der Waals surface area contributed by atoms with E-state index in [9.17, 15) is 0 Å². The number of phenols is 2. The second-order valence-electron chi connectivity index (χ2n) is 1.67. The molecule has 0 saturated carbocycles. The summed E-state index contributed by atoms with van der Waals surface area (Å²) in [5.41, 5.74) is 0. The van der Waals surface area contributed by atoms with E-state index in [0.717, 1.165) is 6.26 Å². The molecule has 3 N–H and O–H groups in total. The molecule has 60 valence electrons. The number of rotatable bonds is 0. The number of aliphatic hydroxyl groups excluding tert-OH is 1. The average Bonchev–Trinajstić information content (AvgIpc) is 1.97. The molecule has 0 spiro atoms. The van der Waals surface area contributed by atoms with Crippen molar-refractivity contribution in [3.05, 3.63) is 37.1 Å². The van der Waals surface area contributed by atoms with Crippen LogP contribution < -0.4 is 0 Å². The van der Waals surface area contributed by atoms with Gasteiger partial charge in [-0.25, -0.2) is 0 Å². The molecule has 0 saturated heterocycles. The third-order valence-corrected chi connectivity index (χ3v) is 0.882. The van der Waals surface area contributed by atoms with E-state index in [-0.39, 0.29) is 11.5 Å². The molecule has 0 aliphatic heterocycles. The molecule has 0 fully saturated rings. The Bertz CT molecular complexity index is 199. The first-order valence-electron chi connectivity index (χ1n) is 2.94. The number of para-hydroxylation sites is 2. The van der Waals surface area contributed by atoms with E-state index in [2.05, 4.69) is 6.58 Å². The van der Waals surface area contributed by atoms with Crippen LogP contribution in [0.5, 0.6) is 11.5 Å². The Kier molecular flexibility index (Phi) is 4.40. The van der Waals surface area contributed by atoms with E-state index in [1.54, 1.807) is 12.1 Å². The SMILES string of the molecule is C=CO.Oc1ccccc1O. The second-order valence-corrected chi connectivity index (χ2v) is 1.67. The van der Waals surface area contributed by atoms with Gasteiger partial charge in [-0.15, -0.1) is 0 Å². The molecule has 0 aliphatic carbocycles. The molecule has 0 bridgehead atoms. The molecule has 0 aliphatic rings. The van der Waals surface area contributed by atoms with Crippen molar-refractivity contribution in [1.29, 1.82) is 0 Å². The van der Waals surface area contributed by atoms with Gasteiger partial charge < -0.3 is 15.3 Å². The highest BCUT2D eigenvalue weighted by Crippen LogP contribution is 2.21. The van der Waals surface area contributed by atoms with Crippen LogP contribution in [-0.4, -0.2) is 15.3 Å². The number of aromatic hydroxyl groups is 2. The molecule has 1 aromatic rings. The fourth-order valence-electron chi connectivity index (χ4n) is 0.464. The van der Waals surface area contributed by atoms with Crippen LogP contribution in [0.15, 0.2) is 37.1 Å². The molecule has 11 heavy (non-hydrogen) atoms. The monoisotopic (exact) mass is 154 g/mol. The highest BCUT2D eigenvalue weighted by Gasteiger charge is 1.90. The average molecular weight is 154 g/mol. The summed E-state index contributed by atoms with van der Waals surface area (Å²) >= 11 is 0. The summed E-state index contributed by atoms with van der Waals surface area (Å²) in [6.07, 6.45) is 0.750. The van der Waals surface area contributed by atoms with Gasteiger partial charge in [-0.1, -0.05) is 18.7 Å². The second kappa shape index (κ2) is 5.17. The Balaban J connectivity index is 0.000000292. The molecular weight excluding hydrogens is 144 g/mol. The maximum atomic E-state index is 8.67. The van der Waals surface area contributed by atoms with Crippen LogP contribution in [0.1, 0.15) is 0 Å². The van der Waals surface area contributed by atoms with E-state index in [1.165, 1.54) is 12.1 Å². The van der Waals surface area contributed by atoms with Crippen LogP contribution in [0.25, 0.3) is 0 Å². The van der Waals surface area contributed by atoms with Crippen molar-refractivity contribution >= 4 is 0 Å². The lowest BCUT2D eigenvalue weighted by molar-refractivity contribution is 0.404. The lowest BCUT2D eigenvalue weighted by Gasteiger charge is -1.91. The van der Waals surface area contributed by atoms with Gasteiger partial charge in [-0.05, 0) is 12.1 Å². The summed E-state index contributed by atoms with van der Waals surface area (Å²) in [4.78, 5) is 0. The van der Waals surface area contributed by atoms with Crippen molar-refractivity contribution in [3.8, 4) is 11.5 Å². The molecule has 0 unspecified atom stereocenters. The van der Waals surface area contributed by atoms with Gasteiger partial charge in [0, 0.05) is 0 Å². The summed E-state index contributed by atoms with van der Waals surface area (Å²) in [5, 5.41) is 24.7. The Labute approximate surface area is 64.9 Å². The molecule has 0 aromatic heterocycles. The maximum absolute atomic E-state index is 8.67. The summed E-state index contributed by atoms with van der Waals surface area (Å²) in [5.74, 6) is -0.153. The minimum Gasteiger partial charge on any atom is -0.516 e. The van der Waals surface area contributed by atoms with Crippen LogP contribution >= 0.6 is 0 Å². The lowest BCUT2D eigenvalue weighted by atomic mass is 10.3. The normalized spacial score (nSPS) is 7.64. The zero-order valence-corrected chi connectivity index (χ0v) is 5.94. The number of aliphatic hydroxyl groups is 1. The highest BCUT2D eigenvalue weighted by molar-refractivity contribution is 5.36. The van der Waals surface area contributed by atoms with E-state index in [4.69, 9.17) is 15.3 Å². The third-order valence-electron chi connectivity index (χ3n) is 0.882. The topological polar surface area (TPSA) is 60.7 Å². The Morgan fingerprint density at radius 2 is 1.36 bits per heavy atom. The molecule has 0 amide bonds. The Morgan fingerprint density at radius 3 is 1.55 bits per heavy atom. The molecule has 0 atom stereocenters. The van der Waals surface area contributed by atoms with Crippen LogP contribution in [0, 0.1) is 0 Å². The number of phenolic OH excluding ortho intramolecular Hbond substituents is 2. The van der Waals surface area contributed by atoms with E-state index in [1.807, 2.05) is 0 Å². The molecule has 3 nitrogen and oxygen atoms in total. The lowest BCUT2D eigenvalue weighted by Crippen LogP contribution is -1.63. The zero-order valence-electron chi connectivity index (χ0n) is 5.94. The third kappa shape index (κ3) is 3.86. The maximum Gasteiger partial charge on any atom is 0.157 e. The van der Waals surface area contributed by atoms with Gasteiger partial charge in [0.1, 0.15) is 0 Å². The van der Waals surface area contributed by atoms with Crippen molar-refractivity contribution in [3.63, 3.8) is 0 Å². The minimum absolute atomic E-state index is 0.0764. The summed E-state index contributed by atoms with van der Waals surface area (Å²) in [7, 11) is 0. The van der Waals surface area contributed by atoms with Gasteiger partial charge in [0.15, 0.2) is 11.5 Å². The zero-order chi connectivity index (χ0) is 8.69. The van der Waals surface area contributed by atoms with Crippen molar-refractivity contribution in [2.24, 2.45) is 0 Å².